The second-order valence-corrected chi connectivity index (χ2v) is 10.3. The van der Waals surface area contributed by atoms with Crippen LogP contribution in [0.15, 0.2) is 47.4 Å². The zero-order valence-corrected chi connectivity index (χ0v) is 19.7. The van der Waals surface area contributed by atoms with Gasteiger partial charge in [0.25, 0.3) is 5.91 Å². The number of amides is 2. The van der Waals surface area contributed by atoms with E-state index in [2.05, 4.69) is 24.4 Å². The lowest BCUT2D eigenvalue weighted by Crippen LogP contribution is -2.52. The van der Waals surface area contributed by atoms with Crippen LogP contribution in [-0.2, 0) is 16.1 Å². The van der Waals surface area contributed by atoms with E-state index in [9.17, 15) is 9.59 Å². The molecule has 6 nitrogen and oxygen atoms in total. The van der Waals surface area contributed by atoms with Crippen LogP contribution >= 0.6 is 11.8 Å². The fraction of sp³-hybridized carbons (Fsp3) is 0.385. The third kappa shape index (κ3) is 4.60. The van der Waals surface area contributed by atoms with Crippen LogP contribution in [0.4, 0.5) is 0 Å². The molecule has 3 unspecified atom stereocenters. The number of thioether (sulfide) groups is 1. The highest BCUT2D eigenvalue weighted by molar-refractivity contribution is 8.04. The monoisotopic (exact) mass is 464 g/mol. The lowest BCUT2D eigenvalue weighted by Gasteiger charge is -2.44. The average Bonchev–Trinajstić information content (AvgIpc) is 3.29. The van der Waals surface area contributed by atoms with Crippen LogP contribution in [0.3, 0.4) is 0 Å². The van der Waals surface area contributed by atoms with Gasteiger partial charge in [0.05, 0.1) is 4.91 Å². The zero-order chi connectivity index (χ0) is 22.9. The Balaban J connectivity index is 1.21. The molecule has 1 N–H and O–H groups in total. The maximum Gasteiger partial charge on any atom is 0.260 e. The molecule has 2 amide bonds. The Bertz CT molecular complexity index is 1120. The molecule has 3 aliphatic rings. The first-order chi connectivity index (χ1) is 16.0. The highest BCUT2D eigenvalue weighted by Crippen LogP contribution is 2.43. The standard InChI is InChI=1S/C26H28N2O4S/c1-16-4-3-5-17(10-16)12-24-26(30)28(2)20-13-19(7-9-23(20)33-24)25(29)27-14-18-6-8-21-22(11-18)32-15-31-21/h3-6,8,10-12,19-20,23H,7,9,13-15H2,1-2H3,(H,27,29)/b24-12+. The number of carbonyl (C=O) groups excluding carboxylic acids is 2. The minimum absolute atomic E-state index is 0.0455. The second-order valence-electron chi connectivity index (χ2n) is 8.98. The van der Waals surface area contributed by atoms with Crippen molar-refractivity contribution < 1.29 is 19.1 Å². The molecule has 0 radical (unpaired) electrons. The lowest BCUT2D eigenvalue weighted by molar-refractivity contribution is -0.132. The molecular formula is C26H28N2O4S. The minimum atomic E-state index is -0.0848. The van der Waals surface area contributed by atoms with Crippen molar-refractivity contribution >= 4 is 29.7 Å². The van der Waals surface area contributed by atoms with Crippen LogP contribution in [-0.4, -0.2) is 41.8 Å². The van der Waals surface area contributed by atoms with Crippen molar-refractivity contribution in [2.45, 2.75) is 44.0 Å². The normalized spacial score (nSPS) is 25.2. The van der Waals surface area contributed by atoms with Gasteiger partial charge in [-0.3, -0.25) is 9.59 Å². The molecule has 172 valence electrons. The van der Waals surface area contributed by atoms with Gasteiger partial charge in [-0.1, -0.05) is 35.9 Å². The molecular weight excluding hydrogens is 436 g/mol. The van der Waals surface area contributed by atoms with Crippen LogP contribution in [0.1, 0.15) is 36.0 Å². The van der Waals surface area contributed by atoms with Crippen LogP contribution in [0.25, 0.3) is 6.08 Å². The van der Waals surface area contributed by atoms with E-state index in [4.69, 9.17) is 9.47 Å². The van der Waals surface area contributed by atoms with Crippen molar-refractivity contribution in [2.24, 2.45) is 5.92 Å². The van der Waals surface area contributed by atoms with E-state index in [-0.39, 0.29) is 30.6 Å². The van der Waals surface area contributed by atoms with Gasteiger partial charge < -0.3 is 19.7 Å². The summed E-state index contributed by atoms with van der Waals surface area (Å²) < 4.78 is 10.8. The molecule has 0 bridgehead atoms. The summed E-state index contributed by atoms with van der Waals surface area (Å²) in [4.78, 5) is 28.6. The highest BCUT2D eigenvalue weighted by atomic mass is 32.2. The van der Waals surface area contributed by atoms with E-state index in [0.29, 0.717) is 18.2 Å². The van der Waals surface area contributed by atoms with E-state index in [1.807, 2.05) is 48.4 Å². The van der Waals surface area contributed by atoms with E-state index in [0.717, 1.165) is 40.4 Å². The first-order valence-corrected chi connectivity index (χ1v) is 12.2. The lowest BCUT2D eigenvalue weighted by atomic mass is 9.83. The van der Waals surface area contributed by atoms with E-state index in [1.54, 1.807) is 11.8 Å². The summed E-state index contributed by atoms with van der Waals surface area (Å²) in [5.74, 6) is 1.47. The van der Waals surface area contributed by atoms with Gasteiger partial charge >= 0.3 is 0 Å². The van der Waals surface area contributed by atoms with Gasteiger partial charge in [-0.15, -0.1) is 11.8 Å². The smallest absolute Gasteiger partial charge is 0.260 e. The molecule has 0 aromatic heterocycles. The third-order valence-electron chi connectivity index (χ3n) is 6.68. The molecule has 2 aromatic rings. The zero-order valence-electron chi connectivity index (χ0n) is 18.9. The largest absolute Gasteiger partial charge is 0.454 e. The summed E-state index contributed by atoms with van der Waals surface area (Å²) in [5.41, 5.74) is 3.21. The maximum atomic E-state index is 13.1. The Hall–Kier alpha value is -2.93. The fourth-order valence-electron chi connectivity index (χ4n) is 4.83. The van der Waals surface area contributed by atoms with E-state index >= 15 is 0 Å². The molecule has 3 atom stereocenters. The van der Waals surface area contributed by atoms with Crippen LogP contribution < -0.4 is 14.8 Å². The van der Waals surface area contributed by atoms with Gasteiger partial charge in [-0.05, 0) is 55.5 Å². The van der Waals surface area contributed by atoms with Gasteiger partial charge in [0.2, 0.25) is 12.7 Å². The molecule has 2 fully saturated rings. The molecule has 7 heteroatoms. The summed E-state index contributed by atoms with van der Waals surface area (Å²) in [5, 5.41) is 3.39. The number of hydrogen-bond donors (Lipinski definition) is 1. The van der Waals surface area contributed by atoms with Crippen LogP contribution in [0.5, 0.6) is 11.5 Å². The molecule has 2 heterocycles. The Morgan fingerprint density at radius 3 is 2.88 bits per heavy atom. The summed E-state index contributed by atoms with van der Waals surface area (Å²) in [7, 11) is 1.87. The van der Waals surface area contributed by atoms with Crippen molar-refractivity contribution in [3.8, 4) is 11.5 Å². The number of rotatable bonds is 4. The predicted octanol–water partition coefficient (Wildman–Crippen LogP) is 4.12. The van der Waals surface area contributed by atoms with Crippen LogP contribution in [0.2, 0.25) is 0 Å². The molecule has 5 rings (SSSR count). The number of hydrogen-bond acceptors (Lipinski definition) is 5. The first kappa shape index (κ1) is 21.9. The quantitative estimate of drug-likeness (QED) is 0.690. The number of nitrogens with one attached hydrogen (secondary N) is 1. The number of nitrogens with zero attached hydrogens (tertiary/aromatic N) is 1. The fourth-order valence-corrected chi connectivity index (χ4v) is 6.31. The Kier molecular flexibility index (Phi) is 6.06. The predicted molar refractivity (Wildman–Crippen MR) is 129 cm³/mol. The van der Waals surface area contributed by atoms with Crippen LogP contribution in [0, 0.1) is 12.8 Å². The third-order valence-corrected chi connectivity index (χ3v) is 8.08. The van der Waals surface area contributed by atoms with Gasteiger partial charge in [0.15, 0.2) is 11.5 Å². The summed E-state index contributed by atoms with van der Waals surface area (Å²) >= 11 is 1.68. The Morgan fingerprint density at radius 1 is 1.18 bits per heavy atom. The molecule has 33 heavy (non-hydrogen) atoms. The number of likely N-dealkylation sites (N-methyl/N-ethyl adjacent to an activating group) is 1. The van der Waals surface area contributed by atoms with E-state index < -0.39 is 0 Å². The second kappa shape index (κ2) is 9.14. The number of fused-ring (bicyclic) bond motifs is 2. The molecule has 2 aromatic carbocycles. The van der Waals surface area contributed by atoms with Crippen molar-refractivity contribution in [2.75, 3.05) is 13.8 Å². The van der Waals surface area contributed by atoms with Gasteiger partial charge in [-0.25, -0.2) is 0 Å². The van der Waals surface area contributed by atoms with Crippen molar-refractivity contribution in [3.05, 3.63) is 64.1 Å². The molecule has 2 aliphatic heterocycles. The molecule has 1 aliphatic carbocycles. The maximum absolute atomic E-state index is 13.1. The number of aryl methyl sites for hydroxylation is 1. The number of benzene rings is 2. The number of carbonyl (C=O) groups is 2. The van der Waals surface area contributed by atoms with Gasteiger partial charge in [0.1, 0.15) is 0 Å². The number of ether oxygens (including phenoxy) is 2. The Morgan fingerprint density at radius 2 is 2.03 bits per heavy atom. The van der Waals surface area contributed by atoms with E-state index in [1.165, 1.54) is 5.56 Å². The molecule has 1 saturated carbocycles. The highest BCUT2D eigenvalue weighted by Gasteiger charge is 2.42. The first-order valence-electron chi connectivity index (χ1n) is 11.4. The topological polar surface area (TPSA) is 67.9 Å². The molecule has 1 saturated heterocycles. The summed E-state index contributed by atoms with van der Waals surface area (Å²) in [6.07, 6.45) is 4.45. The average molecular weight is 465 g/mol. The van der Waals surface area contributed by atoms with Gasteiger partial charge in [-0.2, -0.15) is 0 Å². The Labute approximate surface area is 198 Å². The summed E-state index contributed by atoms with van der Waals surface area (Å²) in [6.45, 7) is 2.74. The van der Waals surface area contributed by atoms with Crippen molar-refractivity contribution in [1.82, 2.24) is 10.2 Å². The summed E-state index contributed by atoms with van der Waals surface area (Å²) in [6, 6.07) is 14.0. The molecule has 0 spiro atoms. The minimum Gasteiger partial charge on any atom is -0.454 e. The van der Waals surface area contributed by atoms with Crippen molar-refractivity contribution in [3.63, 3.8) is 0 Å². The van der Waals surface area contributed by atoms with Gasteiger partial charge in [0, 0.05) is 30.8 Å². The SMILES string of the molecule is Cc1cccc(/C=C2/SC3CCC(C(=O)NCc4ccc5c(c4)OCO5)CC3N(C)C2=O)c1. The van der Waals surface area contributed by atoms with Crippen molar-refractivity contribution in [1.29, 1.82) is 0 Å².